The SMILES string of the molecule is CCCCCCCCCCCCCCCCCCOC(=O)C(C)(C)CC(C)(CC(C)(CC(C)(CC(C)(CSCCC[Si](C)(O[Si](C)(C)C)O[Si](C)(C)O[Si](C)(C)C)C(=O)OC)C(=O)OCCO)C(=O)OCCCN(C)C)C(=O)OCCCCCCCCCCCC. The molecule has 5 atom stereocenters. The zero-order chi connectivity index (χ0) is 69.3. The molecule has 0 spiro atoms. The first-order valence-electron chi connectivity index (χ1n) is 36.1. The summed E-state index contributed by atoms with van der Waals surface area (Å²) in [5.74, 6) is -1.95. The highest BCUT2D eigenvalue weighted by atomic mass is 32.2. The highest BCUT2D eigenvalue weighted by molar-refractivity contribution is 7.99. The van der Waals surface area contributed by atoms with E-state index in [4.69, 9.17) is 36.0 Å². The molecular weight excluding hydrogens is 1240 g/mol. The zero-order valence-electron chi connectivity index (χ0n) is 62.6. The summed E-state index contributed by atoms with van der Waals surface area (Å²) in [5.41, 5.74) is -7.16. The first-order chi connectivity index (χ1) is 42.4. The average Bonchev–Trinajstić information content (AvgIpc) is 0.780. The second-order valence-electron chi connectivity index (χ2n) is 31.5. The molecular formula is C71H143NO14SSi4. The van der Waals surface area contributed by atoms with Crippen molar-refractivity contribution in [2.75, 3.05) is 72.3 Å². The molecule has 0 radical (unpaired) electrons. The lowest BCUT2D eigenvalue weighted by Gasteiger charge is -2.44. The van der Waals surface area contributed by atoms with Gasteiger partial charge in [-0.25, -0.2) is 0 Å². The molecule has 0 aliphatic heterocycles. The van der Waals surface area contributed by atoms with Crippen molar-refractivity contribution < 1.29 is 65.1 Å². The fraction of sp³-hybridized carbons (Fsp3) is 0.930. The number of thioether (sulfide) groups is 1. The van der Waals surface area contributed by atoms with Crippen molar-refractivity contribution in [1.82, 2.24) is 4.90 Å². The average molecular weight is 1380 g/mol. The molecule has 0 aromatic heterocycles. The quantitative estimate of drug-likeness (QED) is 0.0262. The lowest BCUT2D eigenvalue weighted by molar-refractivity contribution is -0.174. The van der Waals surface area contributed by atoms with Gasteiger partial charge in [0.25, 0.3) is 0 Å². The van der Waals surface area contributed by atoms with Crippen molar-refractivity contribution in [3.63, 3.8) is 0 Å². The van der Waals surface area contributed by atoms with Gasteiger partial charge in [-0.15, -0.1) is 0 Å². The van der Waals surface area contributed by atoms with Crippen LogP contribution in [0.5, 0.6) is 0 Å². The molecule has 0 saturated heterocycles. The van der Waals surface area contributed by atoms with Crippen LogP contribution in [0.2, 0.25) is 65.0 Å². The summed E-state index contributed by atoms with van der Waals surface area (Å²) in [4.78, 5) is 75.7. The number of carbonyl (C=O) groups excluding carboxylic acids is 5. The van der Waals surface area contributed by atoms with Gasteiger partial charge in [-0.05, 0) is 178 Å². The molecule has 0 saturated carbocycles. The summed E-state index contributed by atoms with van der Waals surface area (Å²) in [5, 5.41) is 10.0. The standard InChI is InChI=1S/C71H143NO14SSi4/c1-21-23-25-27-29-31-33-34-35-36-37-38-40-41-43-45-51-80-62(74)67(3,4)57-68(5,64(76)81-52-46-44-42-39-32-30-28-26-24-22-2)58-69(6,65(77)82-53-47-49-72(9)10)59-70(7,66(78)83-54-50-73)60-71(8,63(75)79-11)61-87-55-48-56-91(20,85-89(15,16)17)86-90(18,19)84-88(12,13)14/h73H,21-61H2,1-20H3. The third kappa shape index (κ3) is 41.9. The lowest BCUT2D eigenvalue weighted by Crippen LogP contribution is -2.56. The van der Waals surface area contributed by atoms with Crippen LogP contribution in [0.1, 0.15) is 261 Å². The minimum absolute atomic E-state index is 0.0265. The van der Waals surface area contributed by atoms with Crippen molar-refractivity contribution in [2.45, 2.75) is 326 Å². The fourth-order valence-electron chi connectivity index (χ4n) is 13.5. The Hall–Kier alpha value is -1.63. The summed E-state index contributed by atoms with van der Waals surface area (Å²) < 4.78 is 50.2. The molecule has 0 amide bonds. The number of unbranched alkanes of at least 4 members (excludes halogenated alkanes) is 24. The third-order valence-electron chi connectivity index (χ3n) is 17.0. The van der Waals surface area contributed by atoms with Gasteiger partial charge in [0, 0.05) is 12.3 Å². The molecule has 0 rings (SSSR count). The first-order valence-corrected chi connectivity index (χ1v) is 49.4. The van der Waals surface area contributed by atoms with Crippen LogP contribution in [0.4, 0.5) is 0 Å². The predicted octanol–water partition coefficient (Wildman–Crippen LogP) is 18.7. The largest absolute Gasteiger partial charge is 0.469 e. The minimum Gasteiger partial charge on any atom is -0.469 e. The molecule has 0 aliphatic carbocycles. The van der Waals surface area contributed by atoms with Crippen molar-refractivity contribution in [2.24, 2.45) is 27.1 Å². The normalized spacial score (nSPS) is 15.8. The molecule has 0 bridgehead atoms. The second kappa shape index (κ2) is 46.6. The number of carbonyl (C=O) groups is 5. The maximum absolute atomic E-state index is 15.2. The Morgan fingerprint density at radius 3 is 1.11 bits per heavy atom. The Kier molecular flexibility index (Phi) is 45.7. The number of esters is 5. The van der Waals surface area contributed by atoms with Crippen LogP contribution in [0, 0.1) is 27.1 Å². The van der Waals surface area contributed by atoms with Crippen LogP contribution in [0.3, 0.4) is 0 Å². The molecule has 1 N–H and O–H groups in total. The number of aliphatic hydroxyl groups is 1. The molecule has 20 heteroatoms. The number of ether oxygens (including phenoxy) is 5. The first kappa shape index (κ1) is 89.4. The van der Waals surface area contributed by atoms with Crippen LogP contribution in [0.25, 0.3) is 0 Å². The van der Waals surface area contributed by atoms with Crippen LogP contribution in [-0.2, 0) is 60.0 Å². The van der Waals surface area contributed by atoms with E-state index in [1.807, 2.05) is 19.0 Å². The van der Waals surface area contributed by atoms with Crippen molar-refractivity contribution >= 4 is 75.4 Å². The van der Waals surface area contributed by atoms with Crippen molar-refractivity contribution in [1.29, 1.82) is 0 Å². The maximum atomic E-state index is 15.2. The zero-order valence-corrected chi connectivity index (χ0v) is 67.4. The van der Waals surface area contributed by atoms with E-state index in [2.05, 4.69) is 72.8 Å². The summed E-state index contributed by atoms with van der Waals surface area (Å²) in [6, 6.07) is 0.722. The summed E-state index contributed by atoms with van der Waals surface area (Å²) in [6.07, 6.45) is 31.8. The van der Waals surface area contributed by atoms with E-state index >= 15 is 9.59 Å². The molecule has 0 fully saturated rings. The van der Waals surface area contributed by atoms with Gasteiger partial charge >= 0.3 is 47.0 Å². The van der Waals surface area contributed by atoms with Gasteiger partial charge in [-0.2, -0.15) is 11.8 Å². The number of rotatable bonds is 59. The number of methoxy groups -OCH3 is 1. The van der Waals surface area contributed by atoms with E-state index in [1.165, 1.54) is 123 Å². The van der Waals surface area contributed by atoms with Crippen molar-refractivity contribution in [3.8, 4) is 0 Å². The highest BCUT2D eigenvalue weighted by Crippen LogP contribution is 2.52. The number of hydrogen-bond donors (Lipinski definition) is 1. The summed E-state index contributed by atoms with van der Waals surface area (Å²) >= 11 is 1.57. The maximum Gasteiger partial charge on any atom is 0.315 e. The van der Waals surface area contributed by atoms with E-state index in [0.29, 0.717) is 25.1 Å². The topological polar surface area (TPSA) is 183 Å². The van der Waals surface area contributed by atoms with Crippen LogP contribution >= 0.6 is 11.8 Å². The minimum atomic E-state index is -2.73. The van der Waals surface area contributed by atoms with E-state index in [-0.39, 0.29) is 57.9 Å². The van der Waals surface area contributed by atoms with Gasteiger partial charge in [0.2, 0.25) is 0 Å². The molecule has 15 nitrogen and oxygen atoms in total. The molecule has 538 valence electrons. The Balaban J connectivity index is 7.05. The van der Waals surface area contributed by atoms with Gasteiger partial charge in [0.15, 0.2) is 16.6 Å². The second-order valence-corrected chi connectivity index (χ2v) is 49.0. The van der Waals surface area contributed by atoms with Gasteiger partial charge in [-0.3, -0.25) is 24.0 Å². The monoisotopic (exact) mass is 1380 g/mol. The van der Waals surface area contributed by atoms with E-state index in [1.54, 1.807) is 53.3 Å². The number of hydrogen-bond acceptors (Lipinski definition) is 16. The van der Waals surface area contributed by atoms with Gasteiger partial charge in [0.1, 0.15) is 6.61 Å². The summed E-state index contributed by atoms with van der Waals surface area (Å²) in [7, 11) is -3.99. The molecule has 91 heavy (non-hydrogen) atoms. The van der Waals surface area contributed by atoms with E-state index in [9.17, 15) is 19.5 Å². The van der Waals surface area contributed by atoms with Crippen LogP contribution in [-0.4, -0.2) is 146 Å². The van der Waals surface area contributed by atoms with E-state index in [0.717, 1.165) is 57.4 Å². The number of aliphatic hydroxyl groups excluding tert-OH is 1. The summed E-state index contributed by atoms with van der Waals surface area (Å²) in [6.45, 7) is 34.8. The van der Waals surface area contributed by atoms with Crippen LogP contribution < -0.4 is 0 Å². The predicted molar refractivity (Wildman–Crippen MR) is 388 cm³/mol. The van der Waals surface area contributed by atoms with Crippen LogP contribution in [0.15, 0.2) is 0 Å². The molecule has 0 aromatic rings. The fourth-order valence-corrected chi connectivity index (χ4v) is 32.9. The molecule has 0 aromatic carbocycles. The smallest absolute Gasteiger partial charge is 0.315 e. The third-order valence-corrected chi connectivity index (χ3v) is 32.0. The lowest BCUT2D eigenvalue weighted by atomic mass is 9.60. The molecule has 5 unspecified atom stereocenters. The van der Waals surface area contributed by atoms with Gasteiger partial charge < -0.3 is 46.0 Å². The van der Waals surface area contributed by atoms with Gasteiger partial charge in [0.05, 0.1) is 60.6 Å². The number of nitrogens with zero attached hydrogens (tertiary/aromatic N) is 1. The Labute approximate surface area is 567 Å². The van der Waals surface area contributed by atoms with Gasteiger partial charge in [-0.1, -0.05) is 168 Å². The van der Waals surface area contributed by atoms with Crippen molar-refractivity contribution in [3.05, 3.63) is 0 Å². The van der Waals surface area contributed by atoms with E-state index < -0.39 is 97.3 Å². The Morgan fingerprint density at radius 2 is 0.747 bits per heavy atom. The molecule has 0 heterocycles. The Morgan fingerprint density at radius 1 is 0.407 bits per heavy atom. The molecule has 0 aliphatic rings. The Bertz CT molecular complexity index is 1990. The highest BCUT2D eigenvalue weighted by Gasteiger charge is 2.56.